The summed E-state index contributed by atoms with van der Waals surface area (Å²) in [5.41, 5.74) is 3.14. The predicted octanol–water partition coefficient (Wildman–Crippen LogP) is 10.6. The van der Waals surface area contributed by atoms with E-state index in [1.807, 2.05) is 97.1 Å². The number of hydrogen-bond acceptors (Lipinski definition) is 3. The van der Waals surface area contributed by atoms with Crippen molar-refractivity contribution in [3.05, 3.63) is 144 Å². The maximum absolute atomic E-state index is 13.6. The van der Waals surface area contributed by atoms with Gasteiger partial charge in [0.1, 0.15) is 17.3 Å². The lowest BCUT2D eigenvalue weighted by Gasteiger charge is -2.29. The van der Waals surface area contributed by atoms with Gasteiger partial charge in [0.15, 0.2) is 0 Å². The highest BCUT2D eigenvalue weighted by Gasteiger charge is 2.35. The lowest BCUT2D eigenvalue weighted by Crippen LogP contribution is -2.34. The minimum Gasteiger partial charge on any atom is -0.300 e. The van der Waals surface area contributed by atoms with E-state index < -0.39 is 10.8 Å². The molecular formula is C44H54O3. The Kier molecular flexibility index (Phi) is 15.0. The largest absolute Gasteiger partial charge is 0.300 e. The molecule has 0 aliphatic heterocycles. The number of benzene rings is 4. The van der Waals surface area contributed by atoms with Crippen LogP contribution in [0.15, 0.2) is 121 Å². The summed E-state index contributed by atoms with van der Waals surface area (Å²) in [7, 11) is 0. The number of rotatable bonds is 20. The highest BCUT2D eigenvalue weighted by molar-refractivity contribution is 5.92. The van der Waals surface area contributed by atoms with Crippen LogP contribution >= 0.6 is 0 Å². The molecule has 0 aliphatic rings. The molecular weight excluding hydrogens is 576 g/mol. The van der Waals surface area contributed by atoms with Crippen molar-refractivity contribution in [2.45, 2.75) is 109 Å². The molecule has 0 saturated carbocycles. The number of carbonyl (C=O) groups excluding carboxylic acids is 3. The van der Waals surface area contributed by atoms with Crippen molar-refractivity contribution in [2.75, 3.05) is 0 Å². The fourth-order valence-corrected chi connectivity index (χ4v) is 6.53. The van der Waals surface area contributed by atoms with Crippen molar-refractivity contribution in [1.29, 1.82) is 0 Å². The van der Waals surface area contributed by atoms with E-state index in [2.05, 4.69) is 38.1 Å². The van der Waals surface area contributed by atoms with Crippen LogP contribution in [0.4, 0.5) is 0 Å². The maximum Gasteiger partial charge on any atom is 0.147 e. The van der Waals surface area contributed by atoms with Crippen LogP contribution in [0.5, 0.6) is 0 Å². The summed E-state index contributed by atoms with van der Waals surface area (Å²) in [6, 6.07) is 40.2. The number of Topliss-reactive ketones (excluding diaryl/α,β-unsaturated/α-hetero) is 3. The zero-order valence-electron chi connectivity index (χ0n) is 27.8. The van der Waals surface area contributed by atoms with E-state index >= 15 is 0 Å². The highest BCUT2D eigenvalue weighted by Crippen LogP contribution is 2.34. The van der Waals surface area contributed by atoms with E-state index in [1.54, 1.807) is 0 Å². The van der Waals surface area contributed by atoms with Crippen molar-refractivity contribution in [2.24, 2.45) is 0 Å². The van der Waals surface area contributed by atoms with Crippen LogP contribution in [0.3, 0.4) is 0 Å². The van der Waals surface area contributed by atoms with Crippen molar-refractivity contribution in [1.82, 2.24) is 0 Å². The van der Waals surface area contributed by atoms with Gasteiger partial charge in [-0.15, -0.1) is 0 Å². The van der Waals surface area contributed by atoms with Gasteiger partial charge >= 0.3 is 0 Å². The average Bonchev–Trinajstić information content (AvgIpc) is 3.09. The van der Waals surface area contributed by atoms with Gasteiger partial charge in [-0.3, -0.25) is 14.4 Å². The molecule has 0 N–H and O–H groups in total. The first-order chi connectivity index (χ1) is 22.3. The van der Waals surface area contributed by atoms with Gasteiger partial charge in [0, 0.05) is 25.7 Å². The maximum atomic E-state index is 13.6. The molecule has 248 valence electrons. The Morgan fingerprint density at radius 1 is 0.447 bits per heavy atom. The first kappa shape index (κ1) is 37.3. The van der Waals surface area contributed by atoms with Gasteiger partial charge in [0.05, 0.1) is 10.8 Å². The average molecular weight is 631 g/mol. The lowest BCUT2D eigenvalue weighted by atomic mass is 9.73. The number of hydrogen-bond donors (Lipinski definition) is 0. The molecule has 0 saturated heterocycles. The molecule has 0 radical (unpaired) electrons. The Morgan fingerprint density at radius 2 is 0.766 bits per heavy atom. The van der Waals surface area contributed by atoms with Crippen molar-refractivity contribution >= 4 is 17.3 Å². The topological polar surface area (TPSA) is 51.2 Å². The predicted molar refractivity (Wildman–Crippen MR) is 196 cm³/mol. The Morgan fingerprint density at radius 3 is 1.11 bits per heavy atom. The summed E-state index contributed by atoms with van der Waals surface area (Å²) < 4.78 is 0. The van der Waals surface area contributed by atoms with Crippen LogP contribution in [-0.2, 0) is 38.1 Å². The van der Waals surface area contributed by atoms with Crippen LogP contribution < -0.4 is 0 Å². The molecule has 0 amide bonds. The molecule has 3 nitrogen and oxygen atoms in total. The second-order valence-corrected chi connectivity index (χ2v) is 13.2. The van der Waals surface area contributed by atoms with Crippen LogP contribution in [0, 0.1) is 0 Å². The van der Waals surface area contributed by atoms with Gasteiger partial charge in [-0.25, -0.2) is 0 Å². The molecule has 0 aliphatic carbocycles. The zero-order chi connectivity index (χ0) is 32.7. The third-order valence-corrected chi connectivity index (χ3v) is 9.73. The molecule has 4 aromatic rings. The van der Waals surface area contributed by atoms with Crippen LogP contribution in [0.2, 0.25) is 0 Å². The third kappa shape index (κ3) is 11.0. The molecule has 3 heteroatoms. The number of carbonyl (C=O) groups is 3. The lowest BCUT2D eigenvalue weighted by molar-refractivity contribution is -0.124. The van der Waals surface area contributed by atoms with Crippen molar-refractivity contribution < 1.29 is 14.4 Å². The Bertz CT molecular complexity index is 1380. The van der Waals surface area contributed by atoms with Gasteiger partial charge in [-0.05, 0) is 61.8 Å². The summed E-state index contributed by atoms with van der Waals surface area (Å²) >= 11 is 0. The zero-order valence-corrected chi connectivity index (χ0v) is 27.8. The summed E-state index contributed by atoms with van der Waals surface area (Å²) in [5, 5.41) is 0. The summed E-state index contributed by atoms with van der Waals surface area (Å²) in [5.74, 6) is 0.800. The van der Waals surface area contributed by atoms with Gasteiger partial charge < -0.3 is 0 Å². The summed E-state index contributed by atoms with van der Waals surface area (Å²) in [4.78, 5) is 39.9. The molecule has 0 fully saturated rings. The first-order valence-corrected chi connectivity index (χ1v) is 17.1. The summed E-state index contributed by atoms with van der Waals surface area (Å²) in [6.07, 6.45) is 9.01. The highest BCUT2D eigenvalue weighted by atomic mass is 16.1. The van der Waals surface area contributed by atoms with Crippen molar-refractivity contribution in [3.8, 4) is 0 Å². The minimum atomic E-state index is -0.544. The first-order valence-electron chi connectivity index (χ1n) is 17.1. The third-order valence-electron chi connectivity index (χ3n) is 9.73. The van der Waals surface area contributed by atoms with Gasteiger partial charge in [0.25, 0.3) is 0 Å². The van der Waals surface area contributed by atoms with Gasteiger partial charge in [0.2, 0.25) is 0 Å². The smallest absolute Gasteiger partial charge is 0.147 e. The standard InChI is InChI=1S/C43H50O3.CH4/c1-42(37-25-13-5-14-26-37,40(45)33-35-21-9-3-10-22-35)31-19-7-17-29-39(44)30-18-8-20-32-43(2,38-27-15-6-16-28-38)41(46)34-36-23-11-4-12-24-36;/h3-6,9-16,21-28H,7-8,17-20,29-34H2,1-2H3;1H4. The van der Waals surface area contributed by atoms with Crippen LogP contribution in [-0.4, -0.2) is 17.3 Å². The molecule has 2 atom stereocenters. The molecule has 0 bridgehead atoms. The quantitative estimate of drug-likeness (QED) is 0.0913. The van der Waals surface area contributed by atoms with E-state index in [1.165, 1.54) is 0 Å². The van der Waals surface area contributed by atoms with Gasteiger partial charge in [-0.2, -0.15) is 0 Å². The normalized spacial score (nSPS) is 13.5. The fraction of sp³-hybridized carbons (Fsp3) is 0.386. The SMILES string of the molecule is C.CC(CCCCCC(=O)CCCCCC(C)(C(=O)Cc1ccccc1)c1ccccc1)(C(=O)Cc1ccccc1)c1ccccc1. The van der Waals surface area contributed by atoms with Crippen LogP contribution in [0.25, 0.3) is 0 Å². The Hall–Kier alpha value is -4.11. The molecule has 47 heavy (non-hydrogen) atoms. The van der Waals surface area contributed by atoms with Gasteiger partial charge in [-0.1, -0.05) is 154 Å². The van der Waals surface area contributed by atoms with Crippen LogP contribution in [0.1, 0.15) is 108 Å². The van der Waals surface area contributed by atoms with E-state index in [4.69, 9.17) is 0 Å². The second kappa shape index (κ2) is 18.9. The summed E-state index contributed by atoms with van der Waals surface area (Å²) in [6.45, 7) is 4.16. The van der Waals surface area contributed by atoms with E-state index in [0.717, 1.165) is 73.6 Å². The van der Waals surface area contributed by atoms with E-state index in [0.29, 0.717) is 31.5 Å². The molecule has 4 rings (SSSR count). The molecule has 0 spiro atoms. The molecule has 4 aromatic carbocycles. The minimum absolute atomic E-state index is 0. The Labute approximate surface area is 283 Å². The number of ketones is 3. The van der Waals surface area contributed by atoms with Crippen molar-refractivity contribution in [3.63, 3.8) is 0 Å². The molecule has 0 heterocycles. The second-order valence-electron chi connectivity index (χ2n) is 13.2. The Balaban J connectivity index is 0.00000600. The molecule has 0 aromatic heterocycles. The molecule has 2 unspecified atom stereocenters. The fourth-order valence-electron chi connectivity index (χ4n) is 6.53. The van der Waals surface area contributed by atoms with E-state index in [-0.39, 0.29) is 19.0 Å². The number of unbranched alkanes of at least 4 members (excludes halogenated alkanes) is 4. The monoisotopic (exact) mass is 630 g/mol. The van der Waals surface area contributed by atoms with E-state index in [9.17, 15) is 14.4 Å².